The minimum absolute atomic E-state index is 0. The summed E-state index contributed by atoms with van der Waals surface area (Å²) in [5.41, 5.74) is 2.57. The fraction of sp³-hybridized carbons (Fsp3) is 0.471. The molecule has 0 radical (unpaired) electrons. The fourth-order valence-corrected chi connectivity index (χ4v) is 2.54. The van der Waals surface area contributed by atoms with Crippen molar-refractivity contribution in [1.82, 2.24) is 15.6 Å². The third kappa shape index (κ3) is 6.02. The zero-order valence-corrected chi connectivity index (χ0v) is 16.4. The number of rotatable bonds is 7. The molecular weight excluding hydrogens is 403 g/mol. The fourth-order valence-electron chi connectivity index (χ4n) is 2.54. The summed E-state index contributed by atoms with van der Waals surface area (Å²) in [4.78, 5) is 7.55. The van der Waals surface area contributed by atoms with Gasteiger partial charge in [0.05, 0.1) is 6.61 Å². The molecule has 0 aliphatic carbocycles. The first-order chi connectivity index (χ1) is 10.7. The van der Waals surface area contributed by atoms with Crippen molar-refractivity contribution in [3.8, 4) is 0 Å². The van der Waals surface area contributed by atoms with Gasteiger partial charge in [-0.3, -0.25) is 4.99 Å². The number of ether oxygens (including phenoxy) is 1. The molecule has 2 aromatic rings. The van der Waals surface area contributed by atoms with Crippen LogP contribution in [0.25, 0.3) is 10.9 Å². The van der Waals surface area contributed by atoms with Crippen LogP contribution in [0.15, 0.2) is 35.5 Å². The molecule has 1 aromatic carbocycles. The summed E-state index contributed by atoms with van der Waals surface area (Å²) in [6.07, 6.45) is 4.21. The number of fused-ring (bicyclic) bond motifs is 1. The first-order valence-electron chi connectivity index (χ1n) is 7.75. The lowest BCUT2D eigenvalue weighted by Crippen LogP contribution is -2.44. The quantitative estimate of drug-likeness (QED) is 0.274. The molecule has 0 aliphatic heterocycles. The summed E-state index contributed by atoms with van der Waals surface area (Å²) in [7, 11) is 3.49. The molecule has 6 heteroatoms. The highest BCUT2D eigenvalue weighted by molar-refractivity contribution is 14.0. The Kier molecular flexibility index (Phi) is 9.01. The van der Waals surface area contributed by atoms with Crippen LogP contribution in [0, 0.1) is 0 Å². The van der Waals surface area contributed by atoms with Crippen molar-refractivity contribution in [2.24, 2.45) is 4.99 Å². The number of aromatic amines is 1. The van der Waals surface area contributed by atoms with Gasteiger partial charge >= 0.3 is 0 Å². The third-order valence-electron chi connectivity index (χ3n) is 3.61. The highest BCUT2D eigenvalue weighted by Crippen LogP contribution is 2.18. The van der Waals surface area contributed by atoms with Crippen molar-refractivity contribution in [2.75, 3.05) is 27.3 Å². The van der Waals surface area contributed by atoms with Crippen LogP contribution in [-0.2, 0) is 11.2 Å². The molecule has 0 amide bonds. The molecule has 1 atom stereocenters. The molecule has 5 nitrogen and oxygen atoms in total. The Bertz CT molecular complexity index is 611. The zero-order valence-electron chi connectivity index (χ0n) is 14.1. The molecule has 2 rings (SSSR count). The summed E-state index contributed by atoms with van der Waals surface area (Å²) in [5.74, 6) is 0.823. The van der Waals surface area contributed by atoms with Crippen LogP contribution >= 0.6 is 24.0 Å². The van der Waals surface area contributed by atoms with E-state index in [-0.39, 0.29) is 30.0 Å². The summed E-state index contributed by atoms with van der Waals surface area (Å²) in [6, 6.07) is 8.66. The van der Waals surface area contributed by atoms with Crippen LogP contribution in [0.3, 0.4) is 0 Å². The van der Waals surface area contributed by atoms with E-state index in [0.29, 0.717) is 6.61 Å². The first kappa shape index (κ1) is 19.8. The van der Waals surface area contributed by atoms with Gasteiger partial charge in [0.2, 0.25) is 0 Å². The van der Waals surface area contributed by atoms with Crippen LogP contribution in [0.4, 0.5) is 0 Å². The molecule has 0 saturated heterocycles. The van der Waals surface area contributed by atoms with E-state index < -0.39 is 0 Å². The Hall–Kier alpha value is -1.28. The van der Waals surface area contributed by atoms with Crippen molar-refractivity contribution >= 4 is 40.8 Å². The number of benzene rings is 1. The summed E-state index contributed by atoms with van der Waals surface area (Å²) in [5, 5.41) is 7.96. The lowest BCUT2D eigenvalue weighted by Gasteiger charge is -2.17. The predicted octanol–water partition coefficient (Wildman–Crippen LogP) is 2.92. The number of methoxy groups -OCH3 is 1. The van der Waals surface area contributed by atoms with Gasteiger partial charge in [0.25, 0.3) is 0 Å². The van der Waals surface area contributed by atoms with Crippen molar-refractivity contribution in [3.63, 3.8) is 0 Å². The molecule has 3 N–H and O–H groups in total. The first-order valence-corrected chi connectivity index (χ1v) is 7.75. The summed E-state index contributed by atoms with van der Waals surface area (Å²) < 4.78 is 5.12. The Morgan fingerprint density at radius 1 is 1.35 bits per heavy atom. The summed E-state index contributed by atoms with van der Waals surface area (Å²) >= 11 is 0. The number of hydrogen-bond acceptors (Lipinski definition) is 2. The molecule has 0 aliphatic rings. The van der Waals surface area contributed by atoms with Gasteiger partial charge in [-0.05, 0) is 31.4 Å². The number of aliphatic imine (C=N–C) groups is 1. The predicted molar refractivity (Wildman–Crippen MR) is 108 cm³/mol. The highest BCUT2D eigenvalue weighted by Gasteiger charge is 2.05. The number of nitrogens with zero attached hydrogens (tertiary/aromatic N) is 1. The van der Waals surface area contributed by atoms with Crippen molar-refractivity contribution in [1.29, 1.82) is 0 Å². The van der Waals surface area contributed by atoms with E-state index in [4.69, 9.17) is 4.74 Å². The van der Waals surface area contributed by atoms with Gasteiger partial charge in [-0.25, -0.2) is 0 Å². The molecular formula is C17H27IN4O. The van der Waals surface area contributed by atoms with Gasteiger partial charge in [0.1, 0.15) is 0 Å². The SMILES string of the molecule is CN=C(NCCCc1c[nH]c2ccccc12)NC(C)COC.I. The average molecular weight is 430 g/mol. The van der Waals surface area contributed by atoms with E-state index in [1.54, 1.807) is 14.2 Å². The van der Waals surface area contributed by atoms with Gasteiger partial charge in [0, 0.05) is 43.8 Å². The smallest absolute Gasteiger partial charge is 0.191 e. The number of hydrogen-bond donors (Lipinski definition) is 3. The van der Waals surface area contributed by atoms with Crippen molar-refractivity contribution in [2.45, 2.75) is 25.8 Å². The van der Waals surface area contributed by atoms with Crippen molar-refractivity contribution in [3.05, 3.63) is 36.0 Å². The van der Waals surface area contributed by atoms with E-state index >= 15 is 0 Å². The molecule has 0 spiro atoms. The number of guanidine groups is 1. The Morgan fingerprint density at radius 2 is 2.13 bits per heavy atom. The monoisotopic (exact) mass is 430 g/mol. The zero-order chi connectivity index (χ0) is 15.8. The number of aromatic nitrogens is 1. The maximum absolute atomic E-state index is 5.12. The largest absolute Gasteiger partial charge is 0.383 e. The summed E-state index contributed by atoms with van der Waals surface area (Å²) in [6.45, 7) is 3.62. The highest BCUT2D eigenvalue weighted by atomic mass is 127. The minimum Gasteiger partial charge on any atom is -0.383 e. The number of nitrogens with one attached hydrogen (secondary N) is 3. The number of aryl methyl sites for hydroxylation is 1. The standard InChI is InChI=1S/C17H26N4O.HI/c1-13(12-22-3)21-17(18-2)19-10-6-7-14-11-20-16-9-5-4-8-15(14)16;/h4-5,8-9,11,13,20H,6-7,10,12H2,1-3H3,(H2,18,19,21);1H. The van der Waals surface area contributed by atoms with Gasteiger partial charge in [-0.15, -0.1) is 24.0 Å². The molecule has 23 heavy (non-hydrogen) atoms. The lowest BCUT2D eigenvalue weighted by molar-refractivity contribution is 0.179. The topological polar surface area (TPSA) is 61.4 Å². The van der Waals surface area contributed by atoms with E-state index in [1.807, 2.05) is 0 Å². The molecule has 1 heterocycles. The second kappa shape index (κ2) is 10.5. The van der Waals surface area contributed by atoms with E-state index in [1.165, 1.54) is 16.5 Å². The third-order valence-corrected chi connectivity index (χ3v) is 3.61. The molecule has 0 fully saturated rings. The van der Waals surface area contributed by atoms with Crippen LogP contribution in [0.2, 0.25) is 0 Å². The van der Waals surface area contributed by atoms with E-state index in [2.05, 4.69) is 58.0 Å². The number of H-pyrrole nitrogens is 1. The second-order valence-electron chi connectivity index (χ2n) is 5.46. The molecule has 128 valence electrons. The molecule has 1 unspecified atom stereocenters. The van der Waals surface area contributed by atoms with Crippen LogP contribution in [-0.4, -0.2) is 44.3 Å². The van der Waals surface area contributed by atoms with Gasteiger partial charge in [-0.1, -0.05) is 18.2 Å². The Morgan fingerprint density at radius 3 is 2.87 bits per heavy atom. The lowest BCUT2D eigenvalue weighted by atomic mass is 10.1. The molecule has 0 saturated carbocycles. The van der Waals surface area contributed by atoms with Crippen LogP contribution in [0.1, 0.15) is 18.9 Å². The molecule has 1 aromatic heterocycles. The second-order valence-corrected chi connectivity index (χ2v) is 5.46. The average Bonchev–Trinajstić information content (AvgIpc) is 2.94. The Labute approximate surface area is 155 Å². The normalized spacial score (nSPS) is 12.7. The van der Waals surface area contributed by atoms with E-state index in [9.17, 15) is 0 Å². The van der Waals surface area contributed by atoms with Gasteiger partial charge < -0.3 is 20.4 Å². The molecule has 0 bridgehead atoms. The van der Waals surface area contributed by atoms with Crippen molar-refractivity contribution < 1.29 is 4.74 Å². The van der Waals surface area contributed by atoms with Gasteiger partial charge in [0.15, 0.2) is 5.96 Å². The van der Waals surface area contributed by atoms with Gasteiger partial charge in [-0.2, -0.15) is 0 Å². The number of para-hydroxylation sites is 1. The minimum atomic E-state index is 0. The number of halogens is 1. The Balaban J connectivity index is 0.00000264. The maximum Gasteiger partial charge on any atom is 0.191 e. The van der Waals surface area contributed by atoms with E-state index in [0.717, 1.165) is 25.3 Å². The van der Waals surface area contributed by atoms with Crippen LogP contribution in [0.5, 0.6) is 0 Å². The van der Waals surface area contributed by atoms with Crippen LogP contribution < -0.4 is 10.6 Å². The maximum atomic E-state index is 5.12.